The van der Waals surface area contributed by atoms with E-state index in [2.05, 4.69) is 43.7 Å². The normalized spacial score (nSPS) is 21.3. The highest BCUT2D eigenvalue weighted by Gasteiger charge is 2.47. The number of aliphatic hydroxyl groups is 1. The molecule has 8 rings (SSSR count). The fourth-order valence-corrected chi connectivity index (χ4v) is 12.2. The molecular formula is C61H82N8O11S. The Morgan fingerprint density at radius 1 is 0.790 bits per heavy atom. The van der Waals surface area contributed by atoms with Crippen LogP contribution in [-0.4, -0.2) is 151 Å². The van der Waals surface area contributed by atoms with Crippen molar-refractivity contribution >= 4 is 46.8 Å². The van der Waals surface area contributed by atoms with Gasteiger partial charge < -0.3 is 60.4 Å². The summed E-state index contributed by atoms with van der Waals surface area (Å²) in [7, 11) is 1.71. The average molecular weight is 1140 g/mol. The highest BCUT2D eigenvalue weighted by molar-refractivity contribution is 7.13. The van der Waals surface area contributed by atoms with Crippen molar-refractivity contribution in [3.63, 3.8) is 0 Å². The number of likely N-dealkylation sites (tertiary alicyclic amines) is 2. The van der Waals surface area contributed by atoms with Crippen molar-refractivity contribution in [1.29, 1.82) is 0 Å². The van der Waals surface area contributed by atoms with Crippen LogP contribution in [-0.2, 0) is 51.2 Å². The van der Waals surface area contributed by atoms with Gasteiger partial charge in [0, 0.05) is 32.0 Å². The number of carbonyl (C=O) groups excluding carboxylic acids is 6. The third-order valence-corrected chi connectivity index (χ3v) is 16.9. The number of aromatic nitrogens is 1. The molecule has 0 bridgehead atoms. The Hall–Kier alpha value is -6.45. The van der Waals surface area contributed by atoms with Gasteiger partial charge in [0.25, 0.3) is 0 Å². The van der Waals surface area contributed by atoms with Crippen LogP contribution in [0.25, 0.3) is 10.4 Å². The Bertz CT molecular complexity index is 2780. The SMILES string of the molecule is CN[C@@H](C)C(=O)N[C@H](C(=O)N1C[C@@H](Oc2cccc(OCCOCCOCC(=O)N[C@H](C(=O)N3C[C@H](O)C[C@H]3C(=O)NCc3ccc(-c4scnc4C)cc3)C(C)(C)C)c2)C[C@H]1C(=O)N[C@@H]1CCCc2ccccc21)C1CCCCC1. The molecule has 0 unspecified atom stereocenters. The first-order chi connectivity index (χ1) is 39.0. The van der Waals surface area contributed by atoms with Gasteiger partial charge in [0.2, 0.25) is 35.4 Å². The van der Waals surface area contributed by atoms with Gasteiger partial charge in [-0.2, -0.15) is 0 Å². The van der Waals surface area contributed by atoms with Crippen LogP contribution in [0.15, 0.2) is 78.3 Å². The van der Waals surface area contributed by atoms with Crippen LogP contribution in [0.5, 0.6) is 11.5 Å². The first-order valence-corrected chi connectivity index (χ1v) is 29.6. The Morgan fingerprint density at radius 2 is 1.51 bits per heavy atom. The number of aryl methyl sites for hydroxylation is 2. The minimum Gasteiger partial charge on any atom is -0.491 e. The molecule has 3 fully saturated rings. The molecule has 81 heavy (non-hydrogen) atoms. The maximum Gasteiger partial charge on any atom is 0.246 e. The first-order valence-electron chi connectivity index (χ1n) is 28.7. The van der Waals surface area contributed by atoms with E-state index in [9.17, 15) is 33.9 Å². The molecule has 2 saturated heterocycles. The smallest absolute Gasteiger partial charge is 0.246 e. The third-order valence-electron chi connectivity index (χ3n) is 16.0. The number of fused-ring (bicyclic) bond motifs is 1. The van der Waals surface area contributed by atoms with E-state index < -0.39 is 59.6 Å². The van der Waals surface area contributed by atoms with Gasteiger partial charge >= 0.3 is 0 Å². The van der Waals surface area contributed by atoms with E-state index in [0.29, 0.717) is 11.5 Å². The van der Waals surface area contributed by atoms with Gasteiger partial charge in [0.15, 0.2) is 0 Å². The number of hydrogen-bond donors (Lipinski definition) is 6. The van der Waals surface area contributed by atoms with Crippen molar-refractivity contribution in [1.82, 2.24) is 41.4 Å². The number of nitrogens with zero attached hydrogens (tertiary/aromatic N) is 3. The molecule has 2 aliphatic heterocycles. The van der Waals surface area contributed by atoms with Crippen molar-refractivity contribution in [2.75, 3.05) is 53.2 Å². The minimum absolute atomic E-state index is 0.0396. The largest absolute Gasteiger partial charge is 0.491 e. The molecule has 3 heterocycles. The lowest BCUT2D eigenvalue weighted by Gasteiger charge is -2.35. The lowest BCUT2D eigenvalue weighted by molar-refractivity contribution is -0.144. The number of rotatable bonds is 24. The predicted molar refractivity (Wildman–Crippen MR) is 307 cm³/mol. The standard InChI is InChI=1S/C61H82N8O11S/c1-38-54(81-37-64-38)43-24-22-40(23-25-43)33-63-57(73)50-30-44(70)34-68(50)60(76)55(61(3,4)5)66-52(71)36-78-27-26-77-28-29-79-45-18-13-19-46(31-45)80-47-32-51(58(74)65-49-21-12-17-41-14-10-11-20-48(41)49)69(35-47)59(75)53(42-15-8-7-9-16-42)67-56(72)39(2)62-6/h10-11,13-14,18-20,22-25,31,37,39,42,44,47,49-51,53,55,62,70H,7-9,12,15-17,21,26-30,32-36H2,1-6H3,(H,63,73)(H,65,74)(H,66,71)(H,67,72)/t39-,44+,47-,49+,50-,51-,53-,55+/m0/s1. The van der Waals surface area contributed by atoms with E-state index in [1.807, 2.05) is 69.6 Å². The fourth-order valence-electron chi connectivity index (χ4n) is 11.4. The summed E-state index contributed by atoms with van der Waals surface area (Å²) in [6, 6.07) is 19.0. The molecule has 2 aliphatic carbocycles. The number of benzene rings is 3. The quantitative estimate of drug-likeness (QED) is 0.0473. The van der Waals surface area contributed by atoms with Crippen LogP contribution < -0.4 is 36.1 Å². The first kappa shape index (κ1) is 60.6. The number of hydrogen-bond acceptors (Lipinski definition) is 14. The molecule has 20 heteroatoms. The molecule has 438 valence electrons. The lowest BCUT2D eigenvalue weighted by Crippen LogP contribution is -2.58. The van der Waals surface area contributed by atoms with Gasteiger partial charge in [-0.05, 0) is 98.7 Å². The van der Waals surface area contributed by atoms with Gasteiger partial charge in [0.1, 0.15) is 55.0 Å². The van der Waals surface area contributed by atoms with E-state index in [-0.39, 0.29) is 101 Å². The van der Waals surface area contributed by atoms with Crippen LogP contribution in [0, 0.1) is 18.3 Å². The van der Waals surface area contributed by atoms with E-state index in [1.165, 1.54) is 10.5 Å². The number of ether oxygens (including phenoxy) is 4. The van der Waals surface area contributed by atoms with E-state index >= 15 is 0 Å². The molecule has 6 N–H and O–H groups in total. The Kier molecular flexibility index (Phi) is 21.3. The van der Waals surface area contributed by atoms with Crippen molar-refractivity contribution in [2.24, 2.45) is 11.3 Å². The van der Waals surface area contributed by atoms with E-state index in [4.69, 9.17) is 18.9 Å². The maximum absolute atomic E-state index is 14.8. The zero-order chi connectivity index (χ0) is 57.6. The maximum atomic E-state index is 14.8. The second-order valence-electron chi connectivity index (χ2n) is 23.0. The molecule has 4 aromatic rings. The number of aliphatic hydroxyl groups excluding tert-OH is 1. The summed E-state index contributed by atoms with van der Waals surface area (Å²) >= 11 is 1.57. The second-order valence-corrected chi connectivity index (χ2v) is 23.8. The molecule has 4 aliphatic rings. The van der Waals surface area contributed by atoms with Crippen LogP contribution in [0.3, 0.4) is 0 Å². The number of nitrogens with one attached hydrogen (secondary N) is 5. The Balaban J connectivity index is 0.789. The average Bonchev–Trinajstić information content (AvgIpc) is 4.23. The monoisotopic (exact) mass is 1130 g/mol. The molecule has 3 aromatic carbocycles. The number of likely N-dealkylation sites (N-methyl/N-ethyl adjacent to an activating group) is 1. The van der Waals surface area contributed by atoms with Crippen LogP contribution in [0.4, 0.5) is 0 Å². The third kappa shape index (κ3) is 16.2. The molecule has 8 atom stereocenters. The van der Waals surface area contributed by atoms with Gasteiger partial charge in [0.05, 0.1) is 60.6 Å². The zero-order valence-electron chi connectivity index (χ0n) is 47.7. The number of carbonyl (C=O) groups is 6. The summed E-state index contributed by atoms with van der Waals surface area (Å²) in [5.41, 5.74) is 6.26. The molecular weight excluding hydrogens is 1050 g/mol. The molecule has 0 spiro atoms. The lowest BCUT2D eigenvalue weighted by atomic mass is 9.83. The van der Waals surface area contributed by atoms with E-state index in [1.54, 1.807) is 54.5 Å². The summed E-state index contributed by atoms with van der Waals surface area (Å²) in [6.45, 7) is 9.88. The molecule has 1 aromatic heterocycles. The number of amides is 6. The fraction of sp³-hybridized carbons (Fsp3) is 0.557. The van der Waals surface area contributed by atoms with Gasteiger partial charge in [-0.25, -0.2) is 4.98 Å². The molecule has 19 nitrogen and oxygen atoms in total. The Labute approximate surface area is 480 Å². The van der Waals surface area contributed by atoms with E-state index in [0.717, 1.165) is 78.6 Å². The molecule has 6 amide bonds. The van der Waals surface area contributed by atoms with Crippen molar-refractivity contribution in [2.45, 2.75) is 154 Å². The highest BCUT2D eigenvalue weighted by Crippen LogP contribution is 2.34. The van der Waals surface area contributed by atoms with Crippen molar-refractivity contribution in [3.05, 3.63) is 101 Å². The van der Waals surface area contributed by atoms with Gasteiger partial charge in [-0.15, -0.1) is 11.3 Å². The minimum atomic E-state index is -1.00. The summed E-state index contributed by atoms with van der Waals surface area (Å²) in [4.78, 5) is 91.8. The number of β-amino-alcohol motifs (C(OH)–C–C–N with tert-alkyl or cyclic N) is 1. The summed E-state index contributed by atoms with van der Waals surface area (Å²) in [5, 5.41) is 25.7. The number of thiazole rings is 1. The van der Waals surface area contributed by atoms with Crippen molar-refractivity contribution in [3.8, 4) is 21.9 Å². The highest BCUT2D eigenvalue weighted by atomic mass is 32.1. The summed E-state index contributed by atoms with van der Waals surface area (Å²) < 4.78 is 23.9. The second kappa shape index (κ2) is 28.5. The topological polar surface area (TPSA) is 239 Å². The summed E-state index contributed by atoms with van der Waals surface area (Å²) in [5.74, 6) is -1.15. The molecule has 1 saturated carbocycles. The predicted octanol–water partition coefficient (Wildman–Crippen LogP) is 5.55. The van der Waals surface area contributed by atoms with Gasteiger partial charge in [-0.1, -0.05) is 94.6 Å². The zero-order valence-corrected chi connectivity index (χ0v) is 48.5. The van der Waals surface area contributed by atoms with Crippen molar-refractivity contribution < 1.29 is 52.8 Å². The molecule has 0 radical (unpaired) electrons. The Morgan fingerprint density at radius 3 is 2.25 bits per heavy atom. The van der Waals surface area contributed by atoms with Crippen LogP contribution in [0.2, 0.25) is 0 Å². The summed E-state index contributed by atoms with van der Waals surface area (Å²) in [6.07, 6.45) is 6.26. The van der Waals surface area contributed by atoms with Crippen LogP contribution >= 0.6 is 11.3 Å². The van der Waals surface area contributed by atoms with Crippen LogP contribution in [0.1, 0.15) is 114 Å². The van der Waals surface area contributed by atoms with Gasteiger partial charge in [-0.3, -0.25) is 28.8 Å².